The molecule has 1 heterocycles. The number of halogens is 3. The number of anilines is 2. The minimum atomic E-state index is -1.71. The predicted octanol–water partition coefficient (Wildman–Crippen LogP) is 3.65. The number of nitrogens with one attached hydrogen (secondary N) is 1. The maximum absolute atomic E-state index is 14.5. The van der Waals surface area contributed by atoms with Gasteiger partial charge in [-0.05, 0) is 36.2 Å². The lowest BCUT2D eigenvalue weighted by Gasteiger charge is -2.46. The quantitative estimate of drug-likeness (QED) is 0.509. The van der Waals surface area contributed by atoms with Crippen molar-refractivity contribution in [3.63, 3.8) is 0 Å². The zero-order valence-corrected chi connectivity index (χ0v) is 17.0. The monoisotopic (exact) mass is 437 g/mol. The van der Waals surface area contributed by atoms with E-state index in [2.05, 4.69) is 5.32 Å². The van der Waals surface area contributed by atoms with Crippen LogP contribution in [-0.2, 0) is 6.42 Å². The van der Waals surface area contributed by atoms with Crippen molar-refractivity contribution in [3.8, 4) is 0 Å². The fourth-order valence-electron chi connectivity index (χ4n) is 3.73. The van der Waals surface area contributed by atoms with Gasteiger partial charge in [0.1, 0.15) is 5.82 Å². The number of rotatable bonds is 7. The van der Waals surface area contributed by atoms with Crippen LogP contribution in [0.25, 0.3) is 0 Å². The Kier molecular flexibility index (Phi) is 6.21. The molecule has 0 radical (unpaired) electrons. The third-order valence-electron chi connectivity index (χ3n) is 5.50. The standard InChI is InChI=1S/C21H22F3N3O4/c1-3-12-5-8-16(15(23)9-12)25-19-13(6-7-14(22)18(19)24)20(28)26-10-21(29,11-26)17(4-2)27(30)31/h5-9,17,25,29H,3-4,10-11H2,1-2H3. The molecule has 0 saturated carbocycles. The van der Waals surface area contributed by atoms with E-state index in [0.717, 1.165) is 17.0 Å². The molecule has 166 valence electrons. The fraction of sp³-hybridized carbons (Fsp3) is 0.381. The minimum Gasteiger partial charge on any atom is -0.379 e. The van der Waals surface area contributed by atoms with Crippen molar-refractivity contribution in [1.29, 1.82) is 0 Å². The summed E-state index contributed by atoms with van der Waals surface area (Å²) in [5, 5.41) is 24.0. The van der Waals surface area contributed by atoms with Crippen molar-refractivity contribution in [1.82, 2.24) is 4.90 Å². The number of hydrogen-bond acceptors (Lipinski definition) is 5. The normalized spacial score (nSPS) is 15.9. The Morgan fingerprint density at radius 3 is 2.45 bits per heavy atom. The first kappa shape index (κ1) is 22.5. The summed E-state index contributed by atoms with van der Waals surface area (Å²) < 4.78 is 42.8. The van der Waals surface area contributed by atoms with Gasteiger partial charge < -0.3 is 15.3 Å². The van der Waals surface area contributed by atoms with E-state index in [0.29, 0.717) is 12.0 Å². The molecular weight excluding hydrogens is 415 g/mol. The first-order chi connectivity index (χ1) is 14.6. The Morgan fingerprint density at radius 2 is 1.90 bits per heavy atom. The highest BCUT2D eigenvalue weighted by atomic mass is 19.2. The molecule has 1 unspecified atom stereocenters. The fourth-order valence-corrected chi connectivity index (χ4v) is 3.73. The van der Waals surface area contributed by atoms with Crippen molar-refractivity contribution in [2.75, 3.05) is 18.4 Å². The average Bonchev–Trinajstić information content (AvgIpc) is 2.70. The van der Waals surface area contributed by atoms with Gasteiger partial charge in [-0.2, -0.15) is 0 Å². The number of carbonyl (C=O) groups is 1. The number of carbonyl (C=O) groups excluding carboxylic acids is 1. The van der Waals surface area contributed by atoms with Crippen LogP contribution in [0.2, 0.25) is 0 Å². The SMILES string of the molecule is CCc1ccc(Nc2c(C(=O)N3CC(O)(C(CC)[N+](=O)[O-])C3)ccc(F)c2F)c(F)c1. The van der Waals surface area contributed by atoms with Crippen molar-refractivity contribution in [2.24, 2.45) is 0 Å². The van der Waals surface area contributed by atoms with E-state index in [-0.39, 0.29) is 30.8 Å². The van der Waals surface area contributed by atoms with E-state index in [9.17, 15) is 33.2 Å². The number of aliphatic hydroxyl groups is 1. The van der Waals surface area contributed by atoms with Crippen molar-refractivity contribution in [2.45, 2.75) is 38.3 Å². The van der Waals surface area contributed by atoms with Crippen LogP contribution in [0, 0.1) is 27.6 Å². The topological polar surface area (TPSA) is 95.7 Å². The van der Waals surface area contributed by atoms with Gasteiger partial charge in [-0.25, -0.2) is 13.2 Å². The zero-order chi connectivity index (χ0) is 22.9. The first-order valence-electron chi connectivity index (χ1n) is 9.79. The van der Waals surface area contributed by atoms with Gasteiger partial charge in [0.25, 0.3) is 5.91 Å². The highest BCUT2D eigenvalue weighted by Crippen LogP contribution is 2.33. The Morgan fingerprint density at radius 1 is 1.23 bits per heavy atom. The van der Waals surface area contributed by atoms with Gasteiger partial charge in [-0.1, -0.05) is 19.9 Å². The second kappa shape index (κ2) is 8.54. The average molecular weight is 437 g/mol. The third kappa shape index (κ3) is 4.20. The van der Waals surface area contributed by atoms with Crippen LogP contribution < -0.4 is 5.32 Å². The Labute approximate surface area is 176 Å². The lowest BCUT2D eigenvalue weighted by molar-refractivity contribution is -0.550. The Bertz CT molecular complexity index is 1030. The van der Waals surface area contributed by atoms with Crippen LogP contribution in [-0.4, -0.2) is 45.6 Å². The maximum Gasteiger partial charge on any atom is 0.256 e. The van der Waals surface area contributed by atoms with Crippen LogP contribution in [0.3, 0.4) is 0 Å². The molecule has 1 aliphatic rings. The number of β-amino-alcohol motifs (C(OH)–C–C–N with tert-alkyl or cyclic N) is 1. The number of aryl methyl sites for hydroxylation is 1. The minimum absolute atomic E-state index is 0.0660. The molecular formula is C21H22F3N3O4. The van der Waals surface area contributed by atoms with Crippen molar-refractivity contribution in [3.05, 3.63) is 69.0 Å². The smallest absolute Gasteiger partial charge is 0.256 e. The molecule has 1 aliphatic heterocycles. The number of nitrogens with zero attached hydrogens (tertiary/aromatic N) is 2. The molecule has 2 N–H and O–H groups in total. The van der Waals surface area contributed by atoms with Crippen LogP contribution in [0.15, 0.2) is 30.3 Å². The van der Waals surface area contributed by atoms with E-state index in [1.807, 2.05) is 6.92 Å². The molecule has 2 aromatic carbocycles. The van der Waals surface area contributed by atoms with E-state index in [4.69, 9.17) is 0 Å². The summed E-state index contributed by atoms with van der Waals surface area (Å²) in [5.41, 5.74) is -1.98. The number of benzene rings is 2. The summed E-state index contributed by atoms with van der Waals surface area (Å²) in [6.07, 6.45) is 0.645. The molecule has 7 nitrogen and oxygen atoms in total. The second-order valence-electron chi connectivity index (χ2n) is 7.55. The van der Waals surface area contributed by atoms with Gasteiger partial charge >= 0.3 is 0 Å². The largest absolute Gasteiger partial charge is 0.379 e. The molecule has 1 fully saturated rings. The highest BCUT2D eigenvalue weighted by Gasteiger charge is 2.55. The summed E-state index contributed by atoms with van der Waals surface area (Å²) in [6, 6.07) is 4.77. The molecule has 10 heteroatoms. The predicted molar refractivity (Wildman–Crippen MR) is 107 cm³/mol. The van der Waals surface area contributed by atoms with Crippen molar-refractivity contribution < 1.29 is 28.0 Å². The number of amides is 1. The molecule has 1 amide bonds. The van der Waals surface area contributed by atoms with E-state index < -0.39 is 45.6 Å². The lowest BCUT2D eigenvalue weighted by Crippen LogP contribution is -2.70. The van der Waals surface area contributed by atoms with Crippen LogP contribution in [0.4, 0.5) is 24.5 Å². The zero-order valence-electron chi connectivity index (χ0n) is 17.0. The van der Waals surface area contributed by atoms with Crippen LogP contribution >= 0.6 is 0 Å². The third-order valence-corrected chi connectivity index (χ3v) is 5.50. The van der Waals surface area contributed by atoms with Gasteiger partial charge in [-0.3, -0.25) is 14.9 Å². The van der Waals surface area contributed by atoms with Gasteiger partial charge in [0.05, 0.1) is 30.0 Å². The summed E-state index contributed by atoms with van der Waals surface area (Å²) >= 11 is 0. The van der Waals surface area contributed by atoms with E-state index >= 15 is 0 Å². The van der Waals surface area contributed by atoms with Gasteiger partial charge in [-0.15, -0.1) is 0 Å². The molecule has 3 rings (SSSR count). The van der Waals surface area contributed by atoms with Gasteiger partial charge in [0.15, 0.2) is 17.2 Å². The van der Waals surface area contributed by atoms with Gasteiger partial charge in [0, 0.05) is 11.3 Å². The summed E-state index contributed by atoms with van der Waals surface area (Å²) in [7, 11) is 0. The molecule has 0 bridgehead atoms. The molecule has 0 aromatic heterocycles. The molecule has 2 aromatic rings. The summed E-state index contributed by atoms with van der Waals surface area (Å²) in [4.78, 5) is 24.5. The van der Waals surface area contributed by atoms with Crippen LogP contribution in [0.1, 0.15) is 36.2 Å². The van der Waals surface area contributed by atoms with Crippen molar-refractivity contribution >= 4 is 17.3 Å². The molecule has 31 heavy (non-hydrogen) atoms. The Hall–Kier alpha value is -3.14. The summed E-state index contributed by atoms with van der Waals surface area (Å²) in [5.74, 6) is -4.06. The van der Waals surface area contributed by atoms with Crippen LogP contribution in [0.5, 0.6) is 0 Å². The number of likely N-dealkylation sites (tertiary alicyclic amines) is 1. The molecule has 1 saturated heterocycles. The highest BCUT2D eigenvalue weighted by molar-refractivity contribution is 6.01. The summed E-state index contributed by atoms with van der Waals surface area (Å²) in [6.45, 7) is 2.72. The number of nitro groups is 1. The molecule has 1 atom stereocenters. The molecule has 0 spiro atoms. The van der Waals surface area contributed by atoms with Gasteiger partial charge in [0.2, 0.25) is 6.04 Å². The van der Waals surface area contributed by atoms with E-state index in [1.54, 1.807) is 13.0 Å². The molecule has 0 aliphatic carbocycles. The van der Waals surface area contributed by atoms with E-state index in [1.165, 1.54) is 12.1 Å². The second-order valence-corrected chi connectivity index (χ2v) is 7.55. The Balaban J connectivity index is 1.89. The first-order valence-corrected chi connectivity index (χ1v) is 9.79. The lowest BCUT2D eigenvalue weighted by atomic mass is 9.84. The number of hydrogen-bond donors (Lipinski definition) is 2. The maximum atomic E-state index is 14.5.